The first kappa shape index (κ1) is 27.5. The first-order valence-corrected chi connectivity index (χ1v) is 12.6. The minimum Gasteiger partial charge on any atom is -0.466 e. The summed E-state index contributed by atoms with van der Waals surface area (Å²) in [6.07, 6.45) is 14.8. The van der Waals surface area contributed by atoms with E-state index in [0.717, 1.165) is 56.9 Å². The van der Waals surface area contributed by atoms with Crippen molar-refractivity contribution in [3.63, 3.8) is 0 Å². The number of rotatable bonds is 19. The van der Waals surface area contributed by atoms with Crippen LogP contribution in [0, 0.1) is 0 Å². The van der Waals surface area contributed by atoms with Crippen LogP contribution < -0.4 is 0 Å². The summed E-state index contributed by atoms with van der Waals surface area (Å²) in [5.41, 5.74) is 1.00. The molecule has 0 saturated heterocycles. The molecule has 5 heteroatoms. The van der Waals surface area contributed by atoms with Gasteiger partial charge in [-0.25, -0.2) is 0 Å². The smallest absolute Gasteiger partial charge is 0.305 e. The van der Waals surface area contributed by atoms with Crippen molar-refractivity contribution in [2.24, 2.45) is 0 Å². The topological polar surface area (TPSA) is 52.6 Å². The van der Waals surface area contributed by atoms with Gasteiger partial charge in [-0.1, -0.05) is 94.5 Å². The maximum absolute atomic E-state index is 11.8. The Kier molecular flexibility index (Phi) is 17.0. The molecule has 0 amide bonds. The standard InChI is InChI=1S/C26H41ClO4/c1-2-3-4-5-10-15-21-30-25(28)18-11-8-6-7-9-12-19-26(29)31-22-20-23-16-13-14-17-24(23)27/h13-14,16-17H,2-12,15,18-22H2,1H3. The van der Waals surface area contributed by atoms with Crippen molar-refractivity contribution in [3.8, 4) is 0 Å². The second-order valence-corrected chi connectivity index (χ2v) is 8.58. The predicted molar refractivity (Wildman–Crippen MR) is 127 cm³/mol. The fourth-order valence-electron chi connectivity index (χ4n) is 3.43. The second-order valence-electron chi connectivity index (χ2n) is 8.17. The first-order valence-electron chi connectivity index (χ1n) is 12.2. The molecule has 0 fully saturated rings. The molecular formula is C26H41ClO4. The molecule has 0 aliphatic heterocycles. The molecular weight excluding hydrogens is 412 g/mol. The number of hydrogen-bond donors (Lipinski definition) is 0. The first-order chi connectivity index (χ1) is 15.1. The molecule has 0 aliphatic carbocycles. The van der Waals surface area contributed by atoms with Gasteiger partial charge in [0.25, 0.3) is 0 Å². The summed E-state index contributed by atoms with van der Waals surface area (Å²) in [6, 6.07) is 7.62. The van der Waals surface area contributed by atoms with Gasteiger partial charge in [0.1, 0.15) is 0 Å². The van der Waals surface area contributed by atoms with Crippen molar-refractivity contribution in [3.05, 3.63) is 34.9 Å². The van der Waals surface area contributed by atoms with Gasteiger partial charge >= 0.3 is 11.9 Å². The lowest BCUT2D eigenvalue weighted by Gasteiger charge is -2.07. The van der Waals surface area contributed by atoms with Crippen molar-refractivity contribution < 1.29 is 19.1 Å². The fourth-order valence-corrected chi connectivity index (χ4v) is 3.66. The molecule has 1 aromatic rings. The molecule has 0 bridgehead atoms. The molecule has 1 aromatic carbocycles. The summed E-state index contributed by atoms with van der Waals surface area (Å²) < 4.78 is 10.6. The third-order valence-electron chi connectivity index (χ3n) is 5.37. The van der Waals surface area contributed by atoms with Crippen LogP contribution in [-0.4, -0.2) is 25.2 Å². The van der Waals surface area contributed by atoms with Gasteiger partial charge in [-0.15, -0.1) is 0 Å². The molecule has 0 spiro atoms. The summed E-state index contributed by atoms with van der Waals surface area (Å²) in [6.45, 7) is 3.15. The van der Waals surface area contributed by atoms with E-state index in [1.807, 2.05) is 24.3 Å². The molecule has 176 valence electrons. The molecule has 31 heavy (non-hydrogen) atoms. The highest BCUT2D eigenvalue weighted by Crippen LogP contribution is 2.15. The van der Waals surface area contributed by atoms with Gasteiger partial charge in [0.05, 0.1) is 13.2 Å². The van der Waals surface area contributed by atoms with Crippen LogP contribution >= 0.6 is 11.6 Å². The Balaban J connectivity index is 1.85. The van der Waals surface area contributed by atoms with Crippen molar-refractivity contribution in [2.75, 3.05) is 13.2 Å². The maximum atomic E-state index is 11.8. The number of unbranched alkanes of at least 4 members (excludes halogenated alkanes) is 10. The second kappa shape index (κ2) is 19.2. The quantitative estimate of drug-likeness (QED) is 0.161. The van der Waals surface area contributed by atoms with E-state index in [1.54, 1.807) is 0 Å². The van der Waals surface area contributed by atoms with Crippen LogP contribution in [0.3, 0.4) is 0 Å². The molecule has 0 saturated carbocycles. The molecule has 4 nitrogen and oxygen atoms in total. The zero-order chi connectivity index (χ0) is 22.6. The summed E-state index contributed by atoms with van der Waals surface area (Å²) in [5, 5.41) is 0.713. The minimum atomic E-state index is -0.139. The lowest BCUT2D eigenvalue weighted by atomic mass is 10.1. The Morgan fingerprint density at radius 1 is 0.710 bits per heavy atom. The van der Waals surface area contributed by atoms with Gasteiger partial charge in [-0.3, -0.25) is 9.59 Å². The molecule has 0 aliphatic rings. The summed E-state index contributed by atoms with van der Waals surface area (Å²) in [7, 11) is 0. The number of benzene rings is 1. The zero-order valence-corrected chi connectivity index (χ0v) is 20.1. The molecule has 0 unspecified atom stereocenters. The average Bonchev–Trinajstić information content (AvgIpc) is 2.76. The van der Waals surface area contributed by atoms with Gasteiger partial charge in [-0.05, 0) is 30.9 Å². The molecule has 0 heterocycles. The van der Waals surface area contributed by atoms with Gasteiger partial charge in [0.15, 0.2) is 0 Å². The number of ether oxygens (including phenoxy) is 2. The number of carbonyl (C=O) groups is 2. The Morgan fingerprint density at radius 2 is 1.23 bits per heavy atom. The summed E-state index contributed by atoms with van der Waals surface area (Å²) in [4.78, 5) is 23.5. The van der Waals surface area contributed by atoms with Crippen LogP contribution in [0.4, 0.5) is 0 Å². The summed E-state index contributed by atoms with van der Waals surface area (Å²) >= 11 is 6.09. The van der Waals surface area contributed by atoms with Crippen LogP contribution in [-0.2, 0) is 25.5 Å². The molecule has 1 rings (SSSR count). The number of hydrogen-bond acceptors (Lipinski definition) is 4. The Bertz CT molecular complexity index is 603. The normalized spacial score (nSPS) is 10.8. The predicted octanol–water partition coefficient (Wildman–Crippen LogP) is 7.45. The van der Waals surface area contributed by atoms with Crippen LogP contribution in [0.2, 0.25) is 5.02 Å². The van der Waals surface area contributed by atoms with Crippen molar-refractivity contribution in [1.82, 2.24) is 0 Å². The molecule has 0 aromatic heterocycles. The highest BCUT2D eigenvalue weighted by molar-refractivity contribution is 6.31. The zero-order valence-electron chi connectivity index (χ0n) is 19.3. The van der Waals surface area contributed by atoms with Gasteiger partial charge in [-0.2, -0.15) is 0 Å². The minimum absolute atomic E-state index is 0.0620. The lowest BCUT2D eigenvalue weighted by molar-refractivity contribution is -0.144. The average molecular weight is 453 g/mol. The van der Waals surface area contributed by atoms with E-state index in [-0.39, 0.29) is 11.9 Å². The van der Waals surface area contributed by atoms with Crippen molar-refractivity contribution in [1.29, 1.82) is 0 Å². The van der Waals surface area contributed by atoms with E-state index >= 15 is 0 Å². The summed E-state index contributed by atoms with van der Waals surface area (Å²) in [5.74, 6) is -0.201. The number of esters is 2. The van der Waals surface area contributed by atoms with Crippen molar-refractivity contribution >= 4 is 23.5 Å². The van der Waals surface area contributed by atoms with Crippen LogP contribution in [0.25, 0.3) is 0 Å². The third-order valence-corrected chi connectivity index (χ3v) is 5.73. The van der Waals surface area contributed by atoms with Gasteiger partial charge < -0.3 is 9.47 Å². The number of carbonyl (C=O) groups excluding carboxylic acids is 2. The largest absolute Gasteiger partial charge is 0.466 e. The fraction of sp³-hybridized carbons (Fsp3) is 0.692. The highest BCUT2D eigenvalue weighted by Gasteiger charge is 2.05. The van der Waals surface area contributed by atoms with E-state index in [2.05, 4.69) is 6.92 Å². The van der Waals surface area contributed by atoms with Crippen molar-refractivity contribution in [2.45, 2.75) is 103 Å². The molecule has 0 radical (unpaired) electrons. The Morgan fingerprint density at radius 3 is 1.84 bits per heavy atom. The molecule has 0 atom stereocenters. The monoisotopic (exact) mass is 452 g/mol. The third kappa shape index (κ3) is 15.8. The lowest BCUT2D eigenvalue weighted by Crippen LogP contribution is -2.07. The SMILES string of the molecule is CCCCCCCCOC(=O)CCCCCCCCC(=O)OCCc1ccccc1Cl. The van der Waals surface area contributed by atoms with E-state index < -0.39 is 0 Å². The van der Waals surface area contributed by atoms with Gasteiger partial charge in [0.2, 0.25) is 0 Å². The van der Waals surface area contributed by atoms with E-state index in [1.165, 1.54) is 25.7 Å². The number of halogens is 1. The Labute approximate surface area is 194 Å². The van der Waals surface area contributed by atoms with Crippen LogP contribution in [0.15, 0.2) is 24.3 Å². The Hall–Kier alpha value is -1.55. The molecule has 0 N–H and O–H groups in total. The van der Waals surface area contributed by atoms with E-state index in [4.69, 9.17) is 21.1 Å². The van der Waals surface area contributed by atoms with Gasteiger partial charge in [0, 0.05) is 24.3 Å². The van der Waals surface area contributed by atoms with Crippen LogP contribution in [0.1, 0.15) is 102 Å². The maximum Gasteiger partial charge on any atom is 0.305 e. The van der Waals surface area contributed by atoms with Crippen LogP contribution in [0.5, 0.6) is 0 Å². The van der Waals surface area contributed by atoms with E-state index in [0.29, 0.717) is 37.5 Å². The van der Waals surface area contributed by atoms with E-state index in [9.17, 15) is 9.59 Å². The highest BCUT2D eigenvalue weighted by atomic mass is 35.5.